The molecule has 3 atom stereocenters. The van der Waals surface area contributed by atoms with E-state index in [1.54, 1.807) is 17.4 Å². The van der Waals surface area contributed by atoms with E-state index >= 15 is 0 Å². The number of fused-ring (bicyclic) bond motifs is 3. The number of piperidine rings is 2. The topological polar surface area (TPSA) is 105 Å². The fraction of sp³-hybridized carbons (Fsp3) is 0.583. The van der Waals surface area contributed by atoms with E-state index in [0.717, 1.165) is 29.2 Å². The molecular formula is C36H46ClN7O3S. The number of amides is 4. The van der Waals surface area contributed by atoms with Crippen molar-refractivity contribution in [3.8, 4) is 12.3 Å². The van der Waals surface area contributed by atoms with E-state index in [1.807, 2.05) is 26.1 Å². The van der Waals surface area contributed by atoms with Crippen LogP contribution >= 0.6 is 22.9 Å². The van der Waals surface area contributed by atoms with Crippen molar-refractivity contribution in [3.63, 3.8) is 0 Å². The first-order valence-corrected chi connectivity index (χ1v) is 18.6. The molecule has 1 aromatic heterocycles. The lowest BCUT2D eigenvalue weighted by Crippen LogP contribution is -2.56. The largest absolute Gasteiger partial charge is 0.397 e. The Balaban J connectivity index is 1.00. The number of urea groups is 1. The Morgan fingerprint density at radius 3 is 2.42 bits per heavy atom. The van der Waals surface area contributed by atoms with E-state index < -0.39 is 5.92 Å². The van der Waals surface area contributed by atoms with Crippen LogP contribution < -0.4 is 11.1 Å². The number of anilines is 2. The van der Waals surface area contributed by atoms with Gasteiger partial charge in [-0.2, -0.15) is 0 Å². The van der Waals surface area contributed by atoms with Crippen LogP contribution in [0.15, 0.2) is 23.6 Å². The van der Waals surface area contributed by atoms with Crippen molar-refractivity contribution in [3.05, 3.63) is 45.3 Å². The van der Waals surface area contributed by atoms with Gasteiger partial charge in [0.1, 0.15) is 5.00 Å². The van der Waals surface area contributed by atoms with Crippen molar-refractivity contribution < 1.29 is 14.4 Å². The van der Waals surface area contributed by atoms with Gasteiger partial charge in [0.25, 0.3) is 0 Å². The van der Waals surface area contributed by atoms with Crippen LogP contribution in [0, 0.1) is 18.3 Å². The van der Waals surface area contributed by atoms with Gasteiger partial charge in [-0.3, -0.25) is 19.8 Å². The Kier molecular flexibility index (Phi) is 9.62. The fourth-order valence-electron chi connectivity index (χ4n) is 8.74. The van der Waals surface area contributed by atoms with Crippen LogP contribution in [0.2, 0.25) is 5.02 Å². The van der Waals surface area contributed by atoms with Crippen molar-refractivity contribution in [1.82, 2.24) is 24.5 Å². The number of benzene rings is 1. The number of likely N-dealkylation sites (tertiary alicyclic amines) is 1. The van der Waals surface area contributed by atoms with Gasteiger partial charge in [-0.25, -0.2) is 4.79 Å². The second kappa shape index (κ2) is 13.9. The molecule has 0 spiro atoms. The van der Waals surface area contributed by atoms with Crippen LogP contribution in [0.4, 0.5) is 15.5 Å². The van der Waals surface area contributed by atoms with Gasteiger partial charge in [-0.15, -0.1) is 17.8 Å². The summed E-state index contributed by atoms with van der Waals surface area (Å²) in [6.07, 6.45) is 12.6. The Morgan fingerprint density at radius 2 is 1.73 bits per heavy atom. The smallest absolute Gasteiger partial charge is 0.323 e. The van der Waals surface area contributed by atoms with Gasteiger partial charge < -0.3 is 25.3 Å². The minimum absolute atomic E-state index is 0.00749. The maximum atomic E-state index is 14.2. The zero-order chi connectivity index (χ0) is 33.5. The summed E-state index contributed by atoms with van der Waals surface area (Å²) >= 11 is 7.98. The molecule has 4 fully saturated rings. The number of terminal acetylenes is 1. The van der Waals surface area contributed by atoms with Gasteiger partial charge in [0.2, 0.25) is 11.8 Å². The van der Waals surface area contributed by atoms with Gasteiger partial charge in [0.15, 0.2) is 0 Å². The molecule has 0 aliphatic carbocycles. The molecule has 2 bridgehead atoms. The summed E-state index contributed by atoms with van der Waals surface area (Å²) in [4.78, 5) is 51.8. The van der Waals surface area contributed by atoms with E-state index in [0.29, 0.717) is 86.4 Å². The minimum atomic E-state index is -0.545. The number of halogens is 1. The van der Waals surface area contributed by atoms with Crippen molar-refractivity contribution in [2.24, 2.45) is 5.92 Å². The predicted octanol–water partition coefficient (Wildman–Crippen LogP) is 4.32. The molecule has 12 heteroatoms. The fourth-order valence-corrected chi connectivity index (χ4v) is 9.79. The molecule has 5 aliphatic heterocycles. The first-order chi connectivity index (χ1) is 23.2. The van der Waals surface area contributed by atoms with Crippen LogP contribution in [0.3, 0.4) is 0 Å². The molecular weight excluding hydrogens is 646 g/mol. The molecule has 48 heavy (non-hydrogen) atoms. The highest BCUT2D eigenvalue weighted by atomic mass is 35.5. The van der Waals surface area contributed by atoms with E-state index in [9.17, 15) is 14.4 Å². The van der Waals surface area contributed by atoms with Crippen molar-refractivity contribution in [2.75, 3.05) is 57.4 Å². The van der Waals surface area contributed by atoms with Gasteiger partial charge in [-0.05, 0) is 81.1 Å². The Hall–Kier alpha value is -3.30. The van der Waals surface area contributed by atoms with Crippen LogP contribution in [0.25, 0.3) is 0 Å². The number of carbonyl (C=O) groups is 3. The Bertz CT molecular complexity index is 1580. The normalized spacial score (nSPS) is 25.8. The zero-order valence-corrected chi connectivity index (χ0v) is 29.3. The van der Waals surface area contributed by atoms with Crippen LogP contribution in [0.1, 0.15) is 61.6 Å². The molecule has 4 amide bonds. The first kappa shape index (κ1) is 33.2. The number of hydrogen-bond acceptors (Lipinski definition) is 7. The lowest BCUT2D eigenvalue weighted by atomic mass is 9.91. The standard InChI is InChI=1S/C36H46ClN7O3S/c1-3-24-16-23(18-31(37)33(24)38)17-26(35(46)43-13-11-41(12-14-43)30-20-28-4-5-29(21-30)40(28)2)19-32(45)42-9-6-27(7-10-42)44-22-25-8-15-48-34(25)39-36(44)47/h1,8,15-16,18,26-30H,4-7,9-14,17,19-22,38H2,2H3,(H,39,47)/t26-,28?,29?,30?/m0/s1. The molecule has 4 saturated heterocycles. The van der Waals surface area contributed by atoms with Crippen LogP contribution in [-0.4, -0.2) is 113 Å². The Morgan fingerprint density at radius 1 is 1.02 bits per heavy atom. The molecule has 2 unspecified atom stereocenters. The van der Waals surface area contributed by atoms with E-state index in [1.165, 1.54) is 25.7 Å². The summed E-state index contributed by atoms with van der Waals surface area (Å²) < 4.78 is 0. The average Bonchev–Trinajstić information content (AvgIpc) is 3.62. The summed E-state index contributed by atoms with van der Waals surface area (Å²) in [6.45, 7) is 4.75. The number of hydrogen-bond donors (Lipinski definition) is 2. The number of thiophene rings is 1. The lowest BCUT2D eigenvalue weighted by Gasteiger charge is -2.45. The first-order valence-electron chi connectivity index (χ1n) is 17.4. The highest BCUT2D eigenvalue weighted by Gasteiger charge is 2.42. The molecule has 0 radical (unpaired) electrons. The van der Waals surface area contributed by atoms with Gasteiger partial charge >= 0.3 is 6.03 Å². The second-order valence-electron chi connectivity index (χ2n) is 14.3. The second-order valence-corrected chi connectivity index (χ2v) is 15.6. The lowest BCUT2D eigenvalue weighted by molar-refractivity contribution is -0.143. The minimum Gasteiger partial charge on any atom is -0.397 e. The summed E-state index contributed by atoms with van der Waals surface area (Å²) in [5.41, 5.74) is 8.88. The molecule has 2 aromatic rings. The quantitative estimate of drug-likeness (QED) is 0.331. The molecule has 7 rings (SSSR count). The van der Waals surface area contributed by atoms with E-state index in [4.69, 9.17) is 23.8 Å². The molecule has 0 saturated carbocycles. The molecule has 256 valence electrons. The Labute approximate surface area is 292 Å². The van der Waals surface area contributed by atoms with Gasteiger partial charge in [0.05, 0.1) is 23.2 Å². The molecule has 3 N–H and O–H groups in total. The van der Waals surface area contributed by atoms with Gasteiger partial charge in [-0.1, -0.05) is 17.5 Å². The predicted molar refractivity (Wildman–Crippen MR) is 190 cm³/mol. The number of nitrogens with two attached hydrogens (primary N) is 1. The molecule has 5 aliphatic rings. The number of carbonyl (C=O) groups excluding carboxylic acids is 3. The molecule has 1 aromatic carbocycles. The summed E-state index contributed by atoms with van der Waals surface area (Å²) in [6, 6.07) is 7.57. The summed E-state index contributed by atoms with van der Waals surface area (Å²) in [7, 11) is 2.27. The highest BCUT2D eigenvalue weighted by molar-refractivity contribution is 7.14. The van der Waals surface area contributed by atoms with Gasteiger partial charge in [0, 0.05) is 81.0 Å². The maximum absolute atomic E-state index is 14.2. The number of piperazine rings is 1. The SMILES string of the molecule is C#Cc1cc(C[C@@H](CC(=O)N2CCC(N3Cc4ccsc4NC3=O)CC2)C(=O)N2CCN(C3CC4CCC(C3)N4C)CC2)cc(Cl)c1N. The third kappa shape index (κ3) is 6.65. The molecule has 6 heterocycles. The van der Waals surface area contributed by atoms with E-state index in [2.05, 4.69) is 34.2 Å². The van der Waals surface area contributed by atoms with Crippen molar-refractivity contribution >= 4 is 51.5 Å². The zero-order valence-electron chi connectivity index (χ0n) is 27.7. The number of nitrogens with one attached hydrogen (secondary N) is 1. The average molecular weight is 692 g/mol. The van der Waals surface area contributed by atoms with Crippen LogP contribution in [0.5, 0.6) is 0 Å². The van der Waals surface area contributed by atoms with Crippen LogP contribution in [-0.2, 0) is 22.6 Å². The third-order valence-electron chi connectivity index (χ3n) is 11.6. The van der Waals surface area contributed by atoms with Crippen molar-refractivity contribution in [1.29, 1.82) is 0 Å². The third-order valence-corrected chi connectivity index (χ3v) is 12.8. The number of nitrogens with zero attached hydrogens (tertiary/aromatic N) is 5. The summed E-state index contributed by atoms with van der Waals surface area (Å²) in [5.74, 6) is 2.03. The van der Waals surface area contributed by atoms with Crippen molar-refractivity contribution in [2.45, 2.75) is 82.1 Å². The number of rotatable bonds is 7. The highest BCUT2D eigenvalue weighted by Crippen LogP contribution is 2.37. The monoisotopic (exact) mass is 691 g/mol. The maximum Gasteiger partial charge on any atom is 0.323 e. The molecule has 10 nitrogen and oxygen atoms in total. The number of nitrogen functional groups attached to an aromatic ring is 1. The van der Waals surface area contributed by atoms with E-state index in [-0.39, 0.29) is 30.3 Å². The summed E-state index contributed by atoms with van der Waals surface area (Å²) in [5, 5.41) is 6.29.